The topological polar surface area (TPSA) is 81.8 Å². The summed E-state index contributed by atoms with van der Waals surface area (Å²) < 4.78 is 26.5. The lowest BCUT2D eigenvalue weighted by Gasteiger charge is -2.23. The van der Waals surface area contributed by atoms with Crippen LogP contribution in [0.25, 0.3) is 0 Å². The maximum atomic E-state index is 12.6. The number of benzene rings is 2. The van der Waals surface area contributed by atoms with Crippen LogP contribution in [0.3, 0.4) is 0 Å². The molecule has 0 saturated carbocycles. The number of carbonyl (C=O) groups is 1. The molecule has 164 valence electrons. The maximum Gasteiger partial charge on any atom is 0.315 e. The van der Waals surface area contributed by atoms with E-state index in [1.807, 2.05) is 63.2 Å². The molecule has 0 radical (unpaired) electrons. The van der Waals surface area contributed by atoms with Gasteiger partial charge in [0.25, 0.3) is 0 Å². The third-order valence-corrected chi connectivity index (χ3v) is 6.84. The molecule has 0 spiro atoms. The molecule has 0 aliphatic rings. The molecular formula is C22H32N4O3S. The van der Waals surface area contributed by atoms with Crippen LogP contribution >= 0.6 is 0 Å². The van der Waals surface area contributed by atoms with Crippen LogP contribution < -0.4 is 10.6 Å². The number of hydrogen-bond acceptors (Lipinski definition) is 4. The Kier molecular flexibility index (Phi) is 8.83. The van der Waals surface area contributed by atoms with Crippen LogP contribution in [0.2, 0.25) is 0 Å². The summed E-state index contributed by atoms with van der Waals surface area (Å²) in [7, 11) is 0.445. The summed E-state index contributed by atoms with van der Waals surface area (Å²) in [6, 6.07) is 16.0. The summed E-state index contributed by atoms with van der Waals surface area (Å²) in [5, 5.41) is 5.85. The maximum absolute atomic E-state index is 12.6. The van der Waals surface area contributed by atoms with Gasteiger partial charge in [-0.3, -0.25) is 0 Å². The van der Waals surface area contributed by atoms with Gasteiger partial charge >= 0.3 is 6.03 Å². The van der Waals surface area contributed by atoms with Crippen molar-refractivity contribution in [3.63, 3.8) is 0 Å². The van der Waals surface area contributed by atoms with Crippen LogP contribution in [0.4, 0.5) is 4.79 Å². The van der Waals surface area contributed by atoms with E-state index < -0.39 is 10.0 Å². The highest BCUT2D eigenvalue weighted by atomic mass is 32.2. The quantitative estimate of drug-likeness (QED) is 0.605. The summed E-state index contributed by atoms with van der Waals surface area (Å²) in [5.41, 5.74) is 1.86. The van der Waals surface area contributed by atoms with E-state index in [1.54, 1.807) is 24.3 Å². The fraction of sp³-hybridized carbons (Fsp3) is 0.409. The van der Waals surface area contributed by atoms with Crippen molar-refractivity contribution in [3.8, 4) is 0 Å². The molecule has 8 heteroatoms. The predicted octanol–water partition coefficient (Wildman–Crippen LogP) is 2.82. The number of nitrogens with zero attached hydrogens (tertiary/aromatic N) is 2. The standard InChI is InChI=1S/C22H32N4O3S/c1-5-26(6-2)30(28,29)20-14-12-18(13-15-20)16-23-22(27)24-21(17-25(3)4)19-10-8-7-9-11-19/h7-15,21H,5-6,16-17H2,1-4H3,(H2,23,24,27). The Labute approximate surface area is 180 Å². The lowest BCUT2D eigenvalue weighted by Crippen LogP contribution is -2.41. The van der Waals surface area contributed by atoms with Crippen molar-refractivity contribution in [2.45, 2.75) is 31.3 Å². The number of rotatable bonds is 10. The molecule has 7 nitrogen and oxygen atoms in total. The third-order valence-electron chi connectivity index (χ3n) is 4.77. The third kappa shape index (κ3) is 6.55. The number of nitrogens with one attached hydrogen (secondary N) is 2. The lowest BCUT2D eigenvalue weighted by atomic mass is 10.1. The van der Waals surface area contributed by atoms with Gasteiger partial charge < -0.3 is 15.5 Å². The normalized spacial score (nSPS) is 12.7. The fourth-order valence-electron chi connectivity index (χ4n) is 3.17. The summed E-state index contributed by atoms with van der Waals surface area (Å²) in [6.45, 7) is 5.47. The highest BCUT2D eigenvalue weighted by Crippen LogP contribution is 2.16. The van der Waals surface area contributed by atoms with Gasteiger partial charge in [-0.1, -0.05) is 56.3 Å². The minimum absolute atomic E-state index is 0.136. The Morgan fingerprint density at radius 3 is 2.10 bits per heavy atom. The second-order valence-electron chi connectivity index (χ2n) is 7.29. The second-order valence-corrected chi connectivity index (χ2v) is 9.22. The van der Waals surface area contributed by atoms with Crippen LogP contribution in [0, 0.1) is 0 Å². The molecule has 0 bridgehead atoms. The van der Waals surface area contributed by atoms with Gasteiger partial charge in [-0.15, -0.1) is 0 Å². The van der Waals surface area contributed by atoms with Crippen molar-refractivity contribution in [3.05, 3.63) is 65.7 Å². The highest BCUT2D eigenvalue weighted by Gasteiger charge is 2.21. The number of likely N-dealkylation sites (N-methyl/N-ethyl adjacent to an activating group) is 1. The van der Waals surface area contributed by atoms with Gasteiger partial charge in [0.05, 0.1) is 10.9 Å². The molecule has 0 heterocycles. The van der Waals surface area contributed by atoms with Crippen LogP contribution in [0.5, 0.6) is 0 Å². The van der Waals surface area contributed by atoms with Crippen LogP contribution in [-0.4, -0.2) is 57.4 Å². The smallest absolute Gasteiger partial charge is 0.315 e. The first-order valence-electron chi connectivity index (χ1n) is 10.1. The van der Waals surface area contributed by atoms with Gasteiger partial charge in [0.2, 0.25) is 10.0 Å². The van der Waals surface area contributed by atoms with Crippen molar-refractivity contribution < 1.29 is 13.2 Å². The van der Waals surface area contributed by atoms with Gasteiger partial charge in [-0.25, -0.2) is 13.2 Å². The summed E-state index contributed by atoms with van der Waals surface area (Å²) >= 11 is 0. The van der Waals surface area contributed by atoms with Crippen molar-refractivity contribution in [1.82, 2.24) is 19.8 Å². The van der Waals surface area contributed by atoms with Crippen molar-refractivity contribution >= 4 is 16.1 Å². The number of urea groups is 1. The van der Waals surface area contributed by atoms with Crippen molar-refractivity contribution in [2.75, 3.05) is 33.7 Å². The SMILES string of the molecule is CCN(CC)S(=O)(=O)c1ccc(CNC(=O)NC(CN(C)C)c2ccccc2)cc1. The molecule has 2 N–H and O–H groups in total. The molecule has 0 fully saturated rings. The van der Waals surface area contributed by atoms with E-state index in [-0.39, 0.29) is 17.0 Å². The number of amides is 2. The monoisotopic (exact) mass is 432 g/mol. The molecular weight excluding hydrogens is 400 g/mol. The van der Waals surface area contributed by atoms with E-state index in [9.17, 15) is 13.2 Å². The molecule has 30 heavy (non-hydrogen) atoms. The minimum atomic E-state index is -3.48. The Bertz CT molecular complexity index is 896. The first-order valence-corrected chi connectivity index (χ1v) is 11.5. The second kappa shape index (κ2) is 11.1. The van der Waals surface area contributed by atoms with Crippen molar-refractivity contribution in [2.24, 2.45) is 0 Å². The van der Waals surface area contributed by atoms with Gasteiger partial charge in [-0.2, -0.15) is 4.31 Å². The van der Waals surface area contributed by atoms with Gasteiger partial charge in [0.15, 0.2) is 0 Å². The zero-order valence-electron chi connectivity index (χ0n) is 18.1. The Balaban J connectivity index is 1.98. The first-order chi connectivity index (χ1) is 14.3. The number of hydrogen-bond donors (Lipinski definition) is 2. The Morgan fingerprint density at radius 2 is 1.57 bits per heavy atom. The van der Waals surface area contributed by atoms with E-state index in [1.165, 1.54) is 4.31 Å². The molecule has 2 aromatic carbocycles. The summed E-state index contributed by atoms with van der Waals surface area (Å²) in [6.07, 6.45) is 0. The molecule has 2 amide bonds. The molecule has 1 unspecified atom stereocenters. The number of sulfonamides is 1. The Morgan fingerprint density at radius 1 is 0.967 bits per heavy atom. The molecule has 0 aliphatic carbocycles. The van der Waals surface area contributed by atoms with Crippen LogP contribution in [0.1, 0.15) is 31.0 Å². The van der Waals surface area contributed by atoms with E-state index in [0.717, 1.165) is 11.1 Å². The summed E-state index contributed by atoms with van der Waals surface area (Å²) in [5.74, 6) is 0. The molecule has 1 atom stereocenters. The van der Waals surface area contributed by atoms with Gasteiger partial charge in [0.1, 0.15) is 0 Å². The number of carbonyl (C=O) groups excluding carboxylic acids is 1. The van der Waals surface area contributed by atoms with E-state index in [0.29, 0.717) is 26.2 Å². The van der Waals surface area contributed by atoms with Gasteiger partial charge in [-0.05, 0) is 37.4 Å². The fourth-order valence-corrected chi connectivity index (χ4v) is 4.63. The molecule has 2 rings (SSSR count). The minimum Gasteiger partial charge on any atom is -0.334 e. The van der Waals surface area contributed by atoms with E-state index >= 15 is 0 Å². The average Bonchev–Trinajstić information content (AvgIpc) is 2.73. The highest BCUT2D eigenvalue weighted by molar-refractivity contribution is 7.89. The largest absolute Gasteiger partial charge is 0.334 e. The van der Waals surface area contributed by atoms with Gasteiger partial charge in [0, 0.05) is 26.2 Å². The van der Waals surface area contributed by atoms with Crippen LogP contribution in [-0.2, 0) is 16.6 Å². The lowest BCUT2D eigenvalue weighted by molar-refractivity contribution is 0.232. The molecule has 0 aliphatic heterocycles. The zero-order valence-corrected chi connectivity index (χ0v) is 18.9. The zero-order chi connectivity index (χ0) is 22.1. The van der Waals surface area contributed by atoms with E-state index in [4.69, 9.17) is 0 Å². The van der Waals surface area contributed by atoms with E-state index in [2.05, 4.69) is 10.6 Å². The summed E-state index contributed by atoms with van der Waals surface area (Å²) in [4.78, 5) is 14.7. The van der Waals surface area contributed by atoms with Crippen molar-refractivity contribution in [1.29, 1.82) is 0 Å². The first kappa shape index (κ1) is 23.9. The average molecular weight is 433 g/mol. The molecule has 0 saturated heterocycles. The molecule has 0 aromatic heterocycles. The van der Waals surface area contributed by atoms with Crippen LogP contribution in [0.15, 0.2) is 59.5 Å². The predicted molar refractivity (Wildman–Crippen MR) is 120 cm³/mol. The Hall–Kier alpha value is -2.42. The molecule has 2 aromatic rings.